The Bertz CT molecular complexity index is 830. The van der Waals surface area contributed by atoms with Crippen LogP contribution in [-0.4, -0.2) is 23.1 Å². The highest BCUT2D eigenvalue weighted by Gasteiger charge is 2.36. The van der Waals surface area contributed by atoms with E-state index in [0.29, 0.717) is 5.56 Å². The molecule has 1 unspecified atom stereocenters. The number of hydrogen-bond acceptors (Lipinski definition) is 2. The monoisotopic (exact) mass is 315 g/mol. The van der Waals surface area contributed by atoms with Crippen LogP contribution in [0, 0.1) is 12.3 Å². The first kappa shape index (κ1) is 15.8. The summed E-state index contributed by atoms with van der Waals surface area (Å²) in [4.78, 5) is 26.4. The predicted octanol–water partition coefficient (Wildman–Crippen LogP) is 3.49. The van der Waals surface area contributed by atoms with Crippen LogP contribution in [0.15, 0.2) is 60.7 Å². The van der Waals surface area contributed by atoms with E-state index in [9.17, 15) is 9.59 Å². The Morgan fingerprint density at radius 2 is 1.83 bits per heavy atom. The molecule has 0 spiro atoms. The third-order valence-corrected chi connectivity index (χ3v) is 4.10. The Hall–Kier alpha value is -3.12. The van der Waals surface area contributed by atoms with Gasteiger partial charge in [-0.3, -0.25) is 9.59 Å². The molecule has 1 aliphatic heterocycles. The predicted molar refractivity (Wildman–Crippen MR) is 94.2 cm³/mol. The molecular formula is C21H17NO2. The molecule has 0 aliphatic carbocycles. The van der Waals surface area contributed by atoms with E-state index in [2.05, 4.69) is 5.92 Å². The van der Waals surface area contributed by atoms with Crippen molar-refractivity contribution in [3.63, 3.8) is 0 Å². The minimum Gasteiger partial charge on any atom is -0.320 e. The molecule has 2 aromatic rings. The summed E-state index contributed by atoms with van der Waals surface area (Å²) >= 11 is 0. The van der Waals surface area contributed by atoms with E-state index >= 15 is 0 Å². The van der Waals surface area contributed by atoms with E-state index < -0.39 is 0 Å². The van der Waals surface area contributed by atoms with Crippen LogP contribution in [0.2, 0.25) is 0 Å². The molecule has 24 heavy (non-hydrogen) atoms. The number of nitrogens with zero attached hydrogens (tertiary/aromatic N) is 1. The maximum absolute atomic E-state index is 12.5. The molecule has 0 bridgehead atoms. The molecule has 0 radical (unpaired) electrons. The quantitative estimate of drug-likeness (QED) is 0.625. The number of rotatable bonds is 5. The normalized spacial score (nSPS) is 16.2. The van der Waals surface area contributed by atoms with Gasteiger partial charge in [0.1, 0.15) is 0 Å². The van der Waals surface area contributed by atoms with Crippen LogP contribution < -0.4 is 0 Å². The van der Waals surface area contributed by atoms with Gasteiger partial charge in [0.25, 0.3) is 5.91 Å². The maximum Gasteiger partial charge on any atom is 0.255 e. The van der Waals surface area contributed by atoms with Crippen molar-refractivity contribution in [3.8, 4) is 12.3 Å². The molecule has 1 amide bonds. The Morgan fingerprint density at radius 3 is 2.58 bits per heavy atom. The molecule has 2 aromatic carbocycles. The van der Waals surface area contributed by atoms with Gasteiger partial charge in [-0.15, -0.1) is 6.42 Å². The van der Waals surface area contributed by atoms with Gasteiger partial charge in [0.2, 0.25) is 0 Å². The number of ketones is 1. The lowest BCUT2D eigenvalue weighted by atomic mass is 10.00. The van der Waals surface area contributed by atoms with Crippen LogP contribution in [0.5, 0.6) is 0 Å². The molecule has 1 aliphatic rings. The zero-order valence-corrected chi connectivity index (χ0v) is 13.2. The van der Waals surface area contributed by atoms with Gasteiger partial charge in [0, 0.05) is 12.0 Å². The van der Waals surface area contributed by atoms with Crippen molar-refractivity contribution < 1.29 is 9.59 Å². The second kappa shape index (κ2) is 6.97. The summed E-state index contributed by atoms with van der Waals surface area (Å²) in [6, 6.07) is 16.7. The van der Waals surface area contributed by atoms with Crippen LogP contribution in [0.3, 0.4) is 0 Å². The fourth-order valence-corrected chi connectivity index (χ4v) is 2.96. The summed E-state index contributed by atoms with van der Waals surface area (Å²) in [6.07, 6.45) is 8.97. The first-order valence-corrected chi connectivity index (χ1v) is 7.80. The van der Waals surface area contributed by atoms with Crippen molar-refractivity contribution in [3.05, 3.63) is 77.4 Å². The first-order valence-electron chi connectivity index (χ1n) is 7.80. The van der Waals surface area contributed by atoms with Crippen molar-refractivity contribution in [1.82, 2.24) is 4.90 Å². The summed E-state index contributed by atoms with van der Waals surface area (Å²) < 4.78 is 0. The number of amides is 1. The highest BCUT2D eigenvalue weighted by atomic mass is 16.2. The topological polar surface area (TPSA) is 37.4 Å². The number of allylic oxidation sites excluding steroid dienone is 1. The third kappa shape index (κ3) is 3.13. The number of terminal acetylenes is 1. The molecule has 3 nitrogen and oxygen atoms in total. The first-order chi connectivity index (χ1) is 11.7. The van der Waals surface area contributed by atoms with Crippen LogP contribution in [0.4, 0.5) is 0 Å². The summed E-state index contributed by atoms with van der Waals surface area (Å²) in [7, 11) is 0. The van der Waals surface area contributed by atoms with Gasteiger partial charge in [-0.2, -0.15) is 0 Å². The Balaban J connectivity index is 1.79. The highest BCUT2D eigenvalue weighted by Crippen LogP contribution is 2.35. The van der Waals surface area contributed by atoms with E-state index in [1.807, 2.05) is 48.5 Å². The molecule has 0 N–H and O–H groups in total. The molecule has 118 valence electrons. The van der Waals surface area contributed by atoms with Crippen LogP contribution in [-0.2, 0) is 4.79 Å². The molecule has 0 saturated heterocycles. The third-order valence-electron chi connectivity index (χ3n) is 4.10. The van der Waals surface area contributed by atoms with E-state index in [0.717, 1.165) is 11.1 Å². The lowest BCUT2D eigenvalue weighted by molar-refractivity contribution is -0.115. The van der Waals surface area contributed by atoms with Gasteiger partial charge < -0.3 is 4.90 Å². The van der Waals surface area contributed by atoms with E-state index in [1.54, 1.807) is 23.1 Å². The zero-order chi connectivity index (χ0) is 16.9. The van der Waals surface area contributed by atoms with Crippen molar-refractivity contribution in [2.24, 2.45) is 0 Å². The lowest BCUT2D eigenvalue weighted by Crippen LogP contribution is -2.29. The van der Waals surface area contributed by atoms with Gasteiger partial charge in [0.15, 0.2) is 5.78 Å². The number of fused-ring (bicyclic) bond motifs is 1. The fraction of sp³-hybridized carbons (Fsp3) is 0.143. The van der Waals surface area contributed by atoms with Crippen molar-refractivity contribution >= 4 is 17.8 Å². The number of benzene rings is 2. The maximum atomic E-state index is 12.5. The second-order valence-corrected chi connectivity index (χ2v) is 5.65. The highest BCUT2D eigenvalue weighted by molar-refractivity contribution is 6.01. The molecule has 3 rings (SSSR count). The van der Waals surface area contributed by atoms with E-state index in [4.69, 9.17) is 6.42 Å². The Morgan fingerprint density at radius 1 is 1.12 bits per heavy atom. The average molecular weight is 315 g/mol. The average Bonchev–Trinajstić information content (AvgIpc) is 2.87. The molecule has 0 saturated carbocycles. The van der Waals surface area contributed by atoms with Gasteiger partial charge in [-0.25, -0.2) is 0 Å². The minimum atomic E-state index is -0.294. The Labute approximate surface area is 141 Å². The van der Waals surface area contributed by atoms with Gasteiger partial charge in [0.05, 0.1) is 12.6 Å². The zero-order valence-electron chi connectivity index (χ0n) is 13.2. The van der Waals surface area contributed by atoms with Gasteiger partial charge in [-0.1, -0.05) is 60.5 Å². The second-order valence-electron chi connectivity index (χ2n) is 5.65. The number of carbonyl (C=O) groups excluding carboxylic acids is 2. The van der Waals surface area contributed by atoms with Gasteiger partial charge >= 0.3 is 0 Å². The van der Waals surface area contributed by atoms with Crippen molar-refractivity contribution in [2.75, 3.05) is 6.54 Å². The SMILES string of the molecule is C#CCN1C(=O)c2ccccc2C1CC(=O)/C=C/c1ccccc1. The molecule has 1 heterocycles. The fourth-order valence-electron chi connectivity index (χ4n) is 2.96. The summed E-state index contributed by atoms with van der Waals surface area (Å²) in [5.41, 5.74) is 2.48. The summed E-state index contributed by atoms with van der Waals surface area (Å²) in [5.74, 6) is 2.38. The molecule has 0 fully saturated rings. The summed E-state index contributed by atoms with van der Waals surface area (Å²) in [6.45, 7) is 0.202. The molecule has 0 aromatic heterocycles. The molecular weight excluding hydrogens is 298 g/mol. The van der Waals surface area contributed by atoms with Crippen LogP contribution in [0.25, 0.3) is 6.08 Å². The lowest BCUT2D eigenvalue weighted by Gasteiger charge is -2.22. The largest absolute Gasteiger partial charge is 0.320 e. The number of hydrogen-bond donors (Lipinski definition) is 0. The standard InChI is InChI=1S/C21H17NO2/c1-2-14-22-20(18-10-6-7-11-19(18)21(22)24)15-17(23)13-12-16-8-4-3-5-9-16/h1,3-13,20H,14-15H2/b13-12+. The van der Waals surface area contributed by atoms with Crippen molar-refractivity contribution in [1.29, 1.82) is 0 Å². The Kier molecular flexibility index (Phi) is 4.58. The molecule has 3 heteroatoms. The molecule has 1 atom stereocenters. The van der Waals surface area contributed by atoms with Crippen LogP contribution in [0.1, 0.15) is 33.9 Å². The summed E-state index contributed by atoms with van der Waals surface area (Å²) in [5, 5.41) is 0. The smallest absolute Gasteiger partial charge is 0.255 e. The van der Waals surface area contributed by atoms with E-state index in [-0.39, 0.29) is 30.7 Å². The van der Waals surface area contributed by atoms with Crippen molar-refractivity contribution in [2.45, 2.75) is 12.5 Å². The number of carbonyl (C=O) groups is 2. The minimum absolute atomic E-state index is 0.0321. The van der Waals surface area contributed by atoms with Crippen LogP contribution >= 0.6 is 0 Å². The van der Waals surface area contributed by atoms with E-state index in [1.165, 1.54) is 0 Å². The van der Waals surface area contributed by atoms with Gasteiger partial charge in [-0.05, 0) is 23.3 Å².